The Kier molecular flexibility index (Phi) is 6.39. The van der Waals surface area contributed by atoms with Gasteiger partial charge in [-0.25, -0.2) is 4.98 Å². The molecule has 1 aromatic carbocycles. The van der Waals surface area contributed by atoms with E-state index in [0.29, 0.717) is 19.1 Å². The monoisotopic (exact) mass is 445 g/mol. The number of fused-ring (bicyclic) bond motifs is 1. The Balaban J connectivity index is 1.15. The van der Waals surface area contributed by atoms with Crippen molar-refractivity contribution in [3.63, 3.8) is 0 Å². The van der Waals surface area contributed by atoms with E-state index in [4.69, 9.17) is 0 Å². The van der Waals surface area contributed by atoms with E-state index in [1.807, 2.05) is 30.5 Å². The van der Waals surface area contributed by atoms with Crippen molar-refractivity contribution >= 4 is 11.8 Å². The van der Waals surface area contributed by atoms with Crippen LogP contribution in [0.25, 0.3) is 11.4 Å². The standard InChI is InChI=1S/C26H31N5O2/c32-24(17-23-26(33)28-14-16-30(23)18-19-5-2-1-3-6-19)29-21-8-10-22(11-9-21)31-15-4-7-20-12-13-27-25(20)31/h1-7,12-13,15,21-23H,8-11,14,16-18H2,(H,28,33)(H,29,32). The zero-order valence-corrected chi connectivity index (χ0v) is 18.8. The number of benzene rings is 1. The average molecular weight is 446 g/mol. The van der Waals surface area contributed by atoms with Gasteiger partial charge in [0.05, 0.1) is 12.5 Å². The van der Waals surface area contributed by atoms with E-state index in [9.17, 15) is 9.59 Å². The minimum absolute atomic E-state index is 0.0361. The van der Waals surface area contributed by atoms with E-state index < -0.39 is 6.04 Å². The quantitative estimate of drug-likeness (QED) is 0.611. The Morgan fingerprint density at radius 2 is 1.88 bits per heavy atom. The molecule has 0 aromatic heterocycles. The molecule has 33 heavy (non-hydrogen) atoms. The van der Waals surface area contributed by atoms with Crippen LogP contribution in [0, 0.1) is 0 Å². The number of carbonyl (C=O) groups excluding carboxylic acids is 2. The molecule has 3 aliphatic heterocycles. The van der Waals surface area contributed by atoms with E-state index in [2.05, 4.69) is 55.5 Å². The molecular formula is C26H31N5O2. The Hall–Kier alpha value is -3.19. The number of piperazine rings is 1. The maximum atomic E-state index is 12.9. The van der Waals surface area contributed by atoms with Gasteiger partial charge in [-0.1, -0.05) is 30.3 Å². The SMILES string of the molecule is O=C(CC1C(=O)NCCN1Cc1ccccc1)NC1CCC(n2cccc3ccnc2-3)CC1. The van der Waals surface area contributed by atoms with Crippen LogP contribution < -0.4 is 10.6 Å². The number of aromatic nitrogens is 2. The first-order chi connectivity index (χ1) is 16.2. The van der Waals surface area contributed by atoms with Gasteiger partial charge in [-0.15, -0.1) is 0 Å². The molecule has 5 rings (SSSR count). The summed E-state index contributed by atoms with van der Waals surface area (Å²) in [5.74, 6) is 0.945. The van der Waals surface area contributed by atoms with Gasteiger partial charge in [0.1, 0.15) is 5.82 Å². The van der Waals surface area contributed by atoms with E-state index in [1.165, 1.54) is 5.56 Å². The minimum atomic E-state index is -0.424. The molecule has 1 saturated carbocycles. The molecule has 0 spiro atoms. The molecule has 1 atom stereocenters. The fourth-order valence-electron chi connectivity index (χ4n) is 5.24. The Bertz CT molecular complexity index is 1060. The molecule has 1 aliphatic carbocycles. The lowest BCUT2D eigenvalue weighted by Gasteiger charge is -2.35. The van der Waals surface area contributed by atoms with Gasteiger partial charge in [0.25, 0.3) is 0 Å². The van der Waals surface area contributed by atoms with Crippen LogP contribution in [0.4, 0.5) is 0 Å². The highest BCUT2D eigenvalue weighted by Crippen LogP contribution is 2.32. The number of pyridine rings is 1. The fourth-order valence-corrected chi connectivity index (χ4v) is 5.24. The Morgan fingerprint density at radius 1 is 1.06 bits per heavy atom. The molecule has 1 unspecified atom stereocenters. The van der Waals surface area contributed by atoms with E-state index in [-0.39, 0.29) is 24.3 Å². The number of carbonyl (C=O) groups is 2. The molecule has 2 N–H and O–H groups in total. The molecule has 7 heteroatoms. The summed E-state index contributed by atoms with van der Waals surface area (Å²) >= 11 is 0. The van der Waals surface area contributed by atoms with Gasteiger partial charge in [0.2, 0.25) is 11.8 Å². The van der Waals surface area contributed by atoms with Crippen LogP contribution >= 0.6 is 0 Å². The number of amides is 2. The molecule has 0 bridgehead atoms. The van der Waals surface area contributed by atoms with Crippen LogP contribution in [0.1, 0.15) is 43.7 Å². The maximum Gasteiger partial charge on any atom is 0.237 e. The van der Waals surface area contributed by atoms with Gasteiger partial charge in [0.15, 0.2) is 0 Å². The van der Waals surface area contributed by atoms with Crippen LogP contribution in [0.3, 0.4) is 0 Å². The summed E-state index contributed by atoms with van der Waals surface area (Å²) in [6.45, 7) is 2.05. The van der Waals surface area contributed by atoms with Crippen molar-refractivity contribution in [3.05, 3.63) is 66.5 Å². The Morgan fingerprint density at radius 3 is 2.70 bits per heavy atom. The zero-order valence-electron chi connectivity index (χ0n) is 18.8. The van der Waals surface area contributed by atoms with Gasteiger partial charge in [-0.3, -0.25) is 14.5 Å². The van der Waals surface area contributed by atoms with E-state index in [1.54, 1.807) is 0 Å². The lowest BCUT2D eigenvalue weighted by molar-refractivity contribution is -0.134. The molecule has 7 nitrogen and oxygen atoms in total. The zero-order chi connectivity index (χ0) is 22.6. The molecule has 2 fully saturated rings. The molecule has 2 amide bonds. The van der Waals surface area contributed by atoms with Crippen molar-refractivity contribution in [3.8, 4) is 11.4 Å². The van der Waals surface area contributed by atoms with Crippen molar-refractivity contribution in [1.29, 1.82) is 0 Å². The summed E-state index contributed by atoms with van der Waals surface area (Å²) in [6, 6.07) is 16.5. The number of nitrogens with zero attached hydrogens (tertiary/aromatic N) is 3. The third-order valence-electron chi connectivity index (χ3n) is 6.98. The van der Waals surface area contributed by atoms with Crippen molar-refractivity contribution in [2.45, 2.75) is 56.8 Å². The highest BCUT2D eigenvalue weighted by molar-refractivity contribution is 5.88. The molecule has 172 valence electrons. The second kappa shape index (κ2) is 9.75. The first-order valence-electron chi connectivity index (χ1n) is 11.9. The third kappa shape index (κ3) is 4.93. The van der Waals surface area contributed by atoms with Gasteiger partial charge >= 0.3 is 0 Å². The van der Waals surface area contributed by atoms with Gasteiger partial charge < -0.3 is 15.2 Å². The molecule has 4 aliphatic rings. The highest BCUT2D eigenvalue weighted by atomic mass is 16.2. The number of hydrogen-bond acceptors (Lipinski definition) is 4. The lowest BCUT2D eigenvalue weighted by Crippen LogP contribution is -2.56. The molecule has 1 aromatic rings. The molecule has 0 radical (unpaired) electrons. The summed E-state index contributed by atoms with van der Waals surface area (Å²) in [5, 5.41) is 6.13. The first kappa shape index (κ1) is 21.6. The lowest BCUT2D eigenvalue weighted by atomic mass is 9.90. The largest absolute Gasteiger partial charge is 0.353 e. The smallest absolute Gasteiger partial charge is 0.237 e. The van der Waals surface area contributed by atoms with Crippen LogP contribution in [0.15, 0.2) is 60.9 Å². The van der Waals surface area contributed by atoms with Crippen LogP contribution in [-0.4, -0.2) is 51.4 Å². The van der Waals surface area contributed by atoms with Crippen LogP contribution in [0.2, 0.25) is 0 Å². The van der Waals surface area contributed by atoms with E-state index in [0.717, 1.165) is 43.6 Å². The minimum Gasteiger partial charge on any atom is -0.353 e. The topological polar surface area (TPSA) is 79.3 Å². The van der Waals surface area contributed by atoms with Crippen molar-refractivity contribution in [2.24, 2.45) is 0 Å². The number of rotatable bonds is 6. The predicted octanol–water partition coefficient (Wildman–Crippen LogP) is 2.98. The van der Waals surface area contributed by atoms with Crippen LogP contribution in [0.5, 0.6) is 0 Å². The van der Waals surface area contributed by atoms with Crippen molar-refractivity contribution in [1.82, 2.24) is 25.1 Å². The second-order valence-electron chi connectivity index (χ2n) is 9.18. The highest BCUT2D eigenvalue weighted by Gasteiger charge is 2.32. The summed E-state index contributed by atoms with van der Waals surface area (Å²) in [5.41, 5.74) is 2.32. The van der Waals surface area contributed by atoms with Gasteiger partial charge in [0, 0.05) is 49.7 Å². The van der Waals surface area contributed by atoms with Crippen LogP contribution in [-0.2, 0) is 16.1 Å². The van der Waals surface area contributed by atoms with Crippen molar-refractivity contribution < 1.29 is 9.59 Å². The normalized spacial score (nSPS) is 23.9. The Labute approximate surface area is 194 Å². The number of nitrogens with one attached hydrogen (secondary N) is 2. The molecule has 1 saturated heterocycles. The predicted molar refractivity (Wildman–Crippen MR) is 127 cm³/mol. The maximum absolute atomic E-state index is 12.9. The third-order valence-corrected chi connectivity index (χ3v) is 6.98. The van der Waals surface area contributed by atoms with Gasteiger partial charge in [-0.05, 0) is 49.4 Å². The molecule has 3 heterocycles. The van der Waals surface area contributed by atoms with E-state index >= 15 is 0 Å². The first-order valence-corrected chi connectivity index (χ1v) is 11.9. The summed E-state index contributed by atoms with van der Waals surface area (Å²) in [6.07, 6.45) is 8.05. The summed E-state index contributed by atoms with van der Waals surface area (Å²) in [4.78, 5) is 32.1. The average Bonchev–Trinajstić information content (AvgIpc) is 3.32. The summed E-state index contributed by atoms with van der Waals surface area (Å²) < 4.78 is 2.28. The molecular weight excluding hydrogens is 414 g/mol. The number of hydrogen-bond donors (Lipinski definition) is 2. The van der Waals surface area contributed by atoms with Gasteiger partial charge in [-0.2, -0.15) is 0 Å². The summed E-state index contributed by atoms with van der Waals surface area (Å²) in [7, 11) is 0. The second-order valence-corrected chi connectivity index (χ2v) is 9.18. The fraction of sp³-hybridized carbons (Fsp3) is 0.423. The van der Waals surface area contributed by atoms with Crippen molar-refractivity contribution in [2.75, 3.05) is 13.1 Å².